The van der Waals surface area contributed by atoms with Crippen molar-refractivity contribution in [2.24, 2.45) is 0 Å². The Bertz CT molecular complexity index is 586. The molecular weight excluding hydrogens is 328 g/mol. The number of aromatic nitrogens is 1. The zero-order chi connectivity index (χ0) is 15.1. The average Bonchev–Trinajstić information content (AvgIpc) is 2.51. The van der Waals surface area contributed by atoms with Crippen molar-refractivity contribution >= 4 is 21.7 Å². The largest absolute Gasteiger partial charge is 0.306 e. The number of Topliss-reactive ketones (excluding diaryl/α,β-unsaturated/α-hetero) is 1. The number of halogens is 1. The maximum absolute atomic E-state index is 12.1. The lowest BCUT2D eigenvalue weighted by Gasteiger charge is -2.15. The summed E-state index contributed by atoms with van der Waals surface area (Å²) in [6, 6.07) is 13.5. The number of ketones is 1. The molecule has 3 nitrogen and oxygen atoms in total. The predicted octanol–water partition coefficient (Wildman–Crippen LogP) is 3.59. The van der Waals surface area contributed by atoms with Gasteiger partial charge < -0.3 is 4.90 Å². The lowest BCUT2D eigenvalue weighted by molar-refractivity contribution is 0.0969. The molecule has 0 amide bonds. The summed E-state index contributed by atoms with van der Waals surface area (Å²) < 4.78 is 0.942. The van der Waals surface area contributed by atoms with E-state index in [-0.39, 0.29) is 5.78 Å². The molecule has 1 heterocycles. The van der Waals surface area contributed by atoms with Crippen LogP contribution in [0.2, 0.25) is 0 Å². The number of carbonyl (C=O) groups is 1. The number of nitrogens with zero attached hydrogens (tertiary/aromatic N) is 2. The number of hydrogen-bond acceptors (Lipinski definition) is 3. The topological polar surface area (TPSA) is 33.2 Å². The van der Waals surface area contributed by atoms with Crippen LogP contribution < -0.4 is 0 Å². The molecule has 0 fully saturated rings. The first kappa shape index (κ1) is 15.9. The highest BCUT2D eigenvalue weighted by atomic mass is 79.9. The highest BCUT2D eigenvalue weighted by Gasteiger charge is 2.08. The van der Waals surface area contributed by atoms with E-state index in [0.717, 1.165) is 35.2 Å². The first-order chi connectivity index (χ1) is 10.1. The Kier molecular flexibility index (Phi) is 6.08. The standard InChI is InChI=1S/C17H19BrN2O/c1-20(11-8-16-7-2-3-10-19-16)12-9-17(21)14-5-4-6-15(18)13-14/h2-7,10,13H,8-9,11-12H2,1H3. The Labute approximate surface area is 134 Å². The number of carbonyl (C=O) groups excluding carboxylic acids is 1. The molecule has 0 saturated carbocycles. The van der Waals surface area contributed by atoms with Crippen molar-refractivity contribution in [3.05, 3.63) is 64.4 Å². The van der Waals surface area contributed by atoms with Crippen LogP contribution in [0.3, 0.4) is 0 Å². The minimum atomic E-state index is 0.181. The molecular formula is C17H19BrN2O. The second-order valence-corrected chi connectivity index (χ2v) is 5.97. The van der Waals surface area contributed by atoms with Gasteiger partial charge in [-0.1, -0.05) is 34.1 Å². The van der Waals surface area contributed by atoms with E-state index < -0.39 is 0 Å². The first-order valence-corrected chi connectivity index (χ1v) is 7.81. The molecule has 4 heteroatoms. The van der Waals surface area contributed by atoms with Crippen molar-refractivity contribution in [2.45, 2.75) is 12.8 Å². The van der Waals surface area contributed by atoms with Gasteiger partial charge >= 0.3 is 0 Å². The quantitative estimate of drug-likeness (QED) is 0.718. The van der Waals surface area contributed by atoms with Crippen LogP contribution in [-0.2, 0) is 6.42 Å². The van der Waals surface area contributed by atoms with Crippen LogP contribution in [0.1, 0.15) is 22.5 Å². The number of pyridine rings is 1. The van der Waals surface area contributed by atoms with Gasteiger partial charge in [-0.25, -0.2) is 0 Å². The van der Waals surface area contributed by atoms with Crippen LogP contribution >= 0.6 is 15.9 Å². The van der Waals surface area contributed by atoms with Crippen LogP contribution in [0.25, 0.3) is 0 Å². The van der Waals surface area contributed by atoms with Gasteiger partial charge in [-0.05, 0) is 31.3 Å². The second-order valence-electron chi connectivity index (χ2n) is 5.06. The minimum absolute atomic E-state index is 0.181. The molecule has 0 aliphatic heterocycles. The van der Waals surface area contributed by atoms with Gasteiger partial charge in [0.1, 0.15) is 0 Å². The number of hydrogen-bond donors (Lipinski definition) is 0. The van der Waals surface area contributed by atoms with Gasteiger partial charge in [0, 0.05) is 47.9 Å². The summed E-state index contributed by atoms with van der Waals surface area (Å²) in [6.07, 6.45) is 3.25. The van der Waals surface area contributed by atoms with E-state index in [1.165, 1.54) is 0 Å². The summed E-state index contributed by atoms with van der Waals surface area (Å²) >= 11 is 3.39. The van der Waals surface area contributed by atoms with Crippen LogP contribution in [-0.4, -0.2) is 35.8 Å². The van der Waals surface area contributed by atoms with Crippen molar-refractivity contribution < 1.29 is 4.79 Å². The van der Waals surface area contributed by atoms with Crippen molar-refractivity contribution in [2.75, 3.05) is 20.1 Å². The minimum Gasteiger partial charge on any atom is -0.306 e. The fourth-order valence-electron chi connectivity index (χ4n) is 2.06. The molecule has 0 aliphatic rings. The van der Waals surface area contributed by atoms with Crippen LogP contribution in [0.4, 0.5) is 0 Å². The summed E-state index contributed by atoms with van der Waals surface area (Å²) in [4.78, 5) is 18.6. The van der Waals surface area contributed by atoms with Gasteiger partial charge in [0.15, 0.2) is 5.78 Å². The fourth-order valence-corrected chi connectivity index (χ4v) is 2.46. The predicted molar refractivity (Wildman–Crippen MR) is 88.5 cm³/mol. The molecule has 2 aromatic rings. The SMILES string of the molecule is CN(CCC(=O)c1cccc(Br)c1)CCc1ccccn1. The number of rotatable bonds is 7. The number of benzene rings is 1. The summed E-state index contributed by atoms with van der Waals surface area (Å²) in [6.45, 7) is 1.67. The summed E-state index contributed by atoms with van der Waals surface area (Å²) in [5.74, 6) is 0.181. The van der Waals surface area contributed by atoms with E-state index in [1.54, 1.807) is 0 Å². The Morgan fingerprint density at radius 1 is 1.19 bits per heavy atom. The van der Waals surface area contributed by atoms with E-state index in [0.29, 0.717) is 6.42 Å². The molecule has 1 aromatic heterocycles. The maximum Gasteiger partial charge on any atom is 0.164 e. The highest BCUT2D eigenvalue weighted by molar-refractivity contribution is 9.10. The van der Waals surface area contributed by atoms with Crippen molar-refractivity contribution in [3.63, 3.8) is 0 Å². The van der Waals surface area contributed by atoms with Crippen molar-refractivity contribution in [3.8, 4) is 0 Å². The summed E-state index contributed by atoms with van der Waals surface area (Å²) in [5.41, 5.74) is 1.85. The third kappa shape index (κ3) is 5.40. The van der Waals surface area contributed by atoms with E-state index >= 15 is 0 Å². The molecule has 0 N–H and O–H groups in total. The molecule has 0 saturated heterocycles. The molecule has 0 spiro atoms. The van der Waals surface area contributed by atoms with E-state index in [4.69, 9.17) is 0 Å². The summed E-state index contributed by atoms with van der Waals surface area (Å²) in [5, 5.41) is 0. The Hall–Kier alpha value is -1.52. The van der Waals surface area contributed by atoms with E-state index in [2.05, 4.69) is 25.8 Å². The Balaban J connectivity index is 1.76. The Morgan fingerprint density at radius 2 is 2.05 bits per heavy atom. The Morgan fingerprint density at radius 3 is 2.76 bits per heavy atom. The lowest BCUT2D eigenvalue weighted by Crippen LogP contribution is -2.24. The average molecular weight is 347 g/mol. The fraction of sp³-hybridized carbons (Fsp3) is 0.294. The molecule has 0 atom stereocenters. The van der Waals surface area contributed by atoms with Gasteiger partial charge in [-0.2, -0.15) is 0 Å². The van der Waals surface area contributed by atoms with Gasteiger partial charge in [-0.15, -0.1) is 0 Å². The van der Waals surface area contributed by atoms with Gasteiger partial charge in [0.2, 0.25) is 0 Å². The summed E-state index contributed by atoms with van der Waals surface area (Å²) in [7, 11) is 2.04. The van der Waals surface area contributed by atoms with Gasteiger partial charge in [0.05, 0.1) is 0 Å². The third-order valence-corrected chi connectivity index (χ3v) is 3.84. The molecule has 0 bridgehead atoms. The molecule has 0 aliphatic carbocycles. The smallest absolute Gasteiger partial charge is 0.164 e. The normalized spacial score (nSPS) is 10.8. The molecule has 0 radical (unpaired) electrons. The van der Waals surface area contributed by atoms with Gasteiger partial charge in [-0.3, -0.25) is 9.78 Å². The number of likely N-dealkylation sites (N-methyl/N-ethyl adjacent to an activating group) is 1. The monoisotopic (exact) mass is 346 g/mol. The van der Waals surface area contributed by atoms with Crippen molar-refractivity contribution in [1.82, 2.24) is 9.88 Å². The zero-order valence-corrected chi connectivity index (χ0v) is 13.7. The lowest BCUT2D eigenvalue weighted by atomic mass is 10.1. The first-order valence-electron chi connectivity index (χ1n) is 7.02. The van der Waals surface area contributed by atoms with Crippen LogP contribution in [0, 0.1) is 0 Å². The van der Waals surface area contributed by atoms with Crippen LogP contribution in [0.5, 0.6) is 0 Å². The van der Waals surface area contributed by atoms with E-state index in [9.17, 15) is 4.79 Å². The van der Waals surface area contributed by atoms with Gasteiger partial charge in [0.25, 0.3) is 0 Å². The zero-order valence-electron chi connectivity index (χ0n) is 12.1. The maximum atomic E-state index is 12.1. The molecule has 0 unspecified atom stereocenters. The molecule has 110 valence electrons. The van der Waals surface area contributed by atoms with E-state index in [1.807, 2.05) is 55.7 Å². The van der Waals surface area contributed by atoms with Crippen LogP contribution in [0.15, 0.2) is 53.1 Å². The second kappa shape index (κ2) is 8.05. The van der Waals surface area contributed by atoms with Crippen molar-refractivity contribution in [1.29, 1.82) is 0 Å². The molecule has 21 heavy (non-hydrogen) atoms. The highest BCUT2D eigenvalue weighted by Crippen LogP contribution is 2.13. The molecule has 1 aromatic carbocycles. The third-order valence-electron chi connectivity index (χ3n) is 3.34. The molecule has 2 rings (SSSR count).